The number of likely N-dealkylation sites (tertiary alicyclic amines) is 1. The van der Waals surface area contributed by atoms with Crippen molar-refractivity contribution >= 4 is 11.6 Å². The number of amides is 1. The lowest BCUT2D eigenvalue weighted by molar-refractivity contribution is -0.385. The summed E-state index contributed by atoms with van der Waals surface area (Å²) in [4.78, 5) is 24.7. The van der Waals surface area contributed by atoms with Gasteiger partial charge in [0.25, 0.3) is 11.6 Å². The van der Waals surface area contributed by atoms with Gasteiger partial charge in [-0.25, -0.2) is 0 Å². The van der Waals surface area contributed by atoms with Gasteiger partial charge in [-0.3, -0.25) is 14.9 Å². The van der Waals surface area contributed by atoms with Crippen LogP contribution < -0.4 is 4.74 Å². The van der Waals surface area contributed by atoms with Crippen molar-refractivity contribution in [1.82, 2.24) is 4.90 Å². The van der Waals surface area contributed by atoms with Gasteiger partial charge in [0.1, 0.15) is 5.75 Å². The number of aliphatic hydroxyl groups is 1. The Labute approximate surface area is 122 Å². The van der Waals surface area contributed by atoms with Crippen LogP contribution in [0.25, 0.3) is 0 Å². The molecule has 1 saturated heterocycles. The molecule has 0 bridgehead atoms. The van der Waals surface area contributed by atoms with Crippen LogP contribution in [0.4, 0.5) is 5.69 Å². The summed E-state index contributed by atoms with van der Waals surface area (Å²) < 4.78 is 5.36. The Morgan fingerprint density at radius 2 is 2.33 bits per heavy atom. The molecule has 1 atom stereocenters. The number of rotatable bonds is 5. The third-order valence-corrected chi connectivity index (χ3v) is 3.55. The number of carbonyl (C=O) groups excluding carboxylic acids is 1. The minimum Gasteiger partial charge on any atom is -0.493 e. The topological polar surface area (TPSA) is 92.9 Å². The fourth-order valence-corrected chi connectivity index (χ4v) is 2.49. The number of nitro groups is 1. The zero-order valence-electron chi connectivity index (χ0n) is 11.8. The van der Waals surface area contributed by atoms with E-state index in [1.54, 1.807) is 13.0 Å². The first-order valence-corrected chi connectivity index (χ1v) is 6.88. The monoisotopic (exact) mass is 294 g/mol. The highest BCUT2D eigenvalue weighted by Gasteiger charge is 2.32. The summed E-state index contributed by atoms with van der Waals surface area (Å²) in [5, 5.41) is 20.3. The van der Waals surface area contributed by atoms with E-state index in [-0.39, 0.29) is 29.5 Å². The van der Waals surface area contributed by atoms with Gasteiger partial charge in [-0.05, 0) is 19.4 Å². The zero-order chi connectivity index (χ0) is 15.4. The molecule has 1 N–H and O–H groups in total. The van der Waals surface area contributed by atoms with Crippen LogP contribution in [0, 0.1) is 16.0 Å². The lowest BCUT2D eigenvalue weighted by atomic mass is 10.1. The molecule has 0 aliphatic carbocycles. The summed E-state index contributed by atoms with van der Waals surface area (Å²) >= 11 is 0. The van der Waals surface area contributed by atoms with Crippen molar-refractivity contribution in [3.8, 4) is 5.75 Å². The van der Waals surface area contributed by atoms with E-state index in [1.165, 1.54) is 17.0 Å². The molecule has 21 heavy (non-hydrogen) atoms. The highest BCUT2D eigenvalue weighted by atomic mass is 16.6. The predicted octanol–water partition coefficient (Wildman–Crippen LogP) is 1.45. The number of hydrogen-bond donors (Lipinski definition) is 1. The van der Waals surface area contributed by atoms with Crippen molar-refractivity contribution in [3.05, 3.63) is 33.9 Å². The van der Waals surface area contributed by atoms with Gasteiger partial charge < -0.3 is 14.7 Å². The first kappa shape index (κ1) is 15.2. The van der Waals surface area contributed by atoms with Gasteiger partial charge in [-0.1, -0.05) is 6.07 Å². The fourth-order valence-electron chi connectivity index (χ4n) is 2.49. The van der Waals surface area contributed by atoms with Gasteiger partial charge in [0.2, 0.25) is 0 Å². The second-order valence-corrected chi connectivity index (χ2v) is 4.93. The minimum atomic E-state index is -0.574. The standard InChI is InChI=1S/C14H18N2O5/c1-2-21-12-5-3-4-11(16(19)20)13(12)14(18)15-7-6-10(8-15)9-17/h3-5,10,17H,2,6-9H2,1H3. The van der Waals surface area contributed by atoms with E-state index in [4.69, 9.17) is 9.84 Å². The summed E-state index contributed by atoms with van der Waals surface area (Å²) in [6.07, 6.45) is 0.701. The average Bonchev–Trinajstić information content (AvgIpc) is 2.95. The summed E-state index contributed by atoms with van der Waals surface area (Å²) in [7, 11) is 0. The number of nitro benzene ring substituents is 1. The van der Waals surface area contributed by atoms with Gasteiger partial charge in [-0.15, -0.1) is 0 Å². The van der Waals surface area contributed by atoms with E-state index < -0.39 is 10.8 Å². The molecule has 0 aromatic heterocycles. The second kappa shape index (κ2) is 6.53. The van der Waals surface area contributed by atoms with Crippen LogP contribution in [0.2, 0.25) is 0 Å². The van der Waals surface area contributed by atoms with Crippen LogP contribution in [-0.2, 0) is 0 Å². The Hall–Kier alpha value is -2.15. The third-order valence-electron chi connectivity index (χ3n) is 3.55. The van der Waals surface area contributed by atoms with Crippen LogP contribution in [-0.4, -0.2) is 47.1 Å². The molecule has 114 valence electrons. The maximum Gasteiger partial charge on any atom is 0.285 e. The van der Waals surface area contributed by atoms with E-state index in [2.05, 4.69) is 0 Å². The molecule has 1 aromatic rings. The molecule has 0 spiro atoms. The van der Waals surface area contributed by atoms with Crippen LogP contribution in [0.5, 0.6) is 5.75 Å². The van der Waals surface area contributed by atoms with E-state index in [1.807, 2.05) is 0 Å². The lowest BCUT2D eigenvalue weighted by Gasteiger charge is -2.18. The first-order chi connectivity index (χ1) is 10.1. The Morgan fingerprint density at radius 1 is 1.57 bits per heavy atom. The van der Waals surface area contributed by atoms with Crippen molar-refractivity contribution in [2.24, 2.45) is 5.92 Å². The number of aliphatic hydroxyl groups excluding tert-OH is 1. The Morgan fingerprint density at radius 3 is 2.90 bits per heavy atom. The summed E-state index contributed by atoms with van der Waals surface area (Å²) in [6.45, 7) is 2.99. The predicted molar refractivity (Wildman–Crippen MR) is 75.4 cm³/mol. The number of carbonyl (C=O) groups is 1. The molecule has 1 aliphatic rings. The number of nitrogens with zero attached hydrogens (tertiary/aromatic N) is 2. The molecule has 1 unspecified atom stereocenters. The molecular formula is C14H18N2O5. The van der Waals surface area contributed by atoms with Gasteiger partial charge in [0.15, 0.2) is 5.56 Å². The van der Waals surface area contributed by atoms with Crippen molar-refractivity contribution in [3.63, 3.8) is 0 Å². The molecule has 1 aromatic carbocycles. The number of ether oxygens (including phenoxy) is 1. The lowest BCUT2D eigenvalue weighted by Crippen LogP contribution is -2.30. The van der Waals surface area contributed by atoms with Crippen LogP contribution in [0.1, 0.15) is 23.7 Å². The van der Waals surface area contributed by atoms with Crippen LogP contribution in [0.15, 0.2) is 18.2 Å². The largest absolute Gasteiger partial charge is 0.493 e. The quantitative estimate of drug-likeness (QED) is 0.655. The molecular weight excluding hydrogens is 276 g/mol. The van der Waals surface area contributed by atoms with Crippen molar-refractivity contribution < 1.29 is 19.6 Å². The summed E-state index contributed by atoms with van der Waals surface area (Å²) in [5.74, 6) is -0.155. The van der Waals surface area contributed by atoms with E-state index in [9.17, 15) is 14.9 Å². The Bertz CT molecular complexity index is 546. The normalized spacial score (nSPS) is 17.8. The molecule has 0 radical (unpaired) electrons. The van der Waals surface area contributed by atoms with E-state index >= 15 is 0 Å². The molecule has 1 aliphatic heterocycles. The average molecular weight is 294 g/mol. The minimum absolute atomic E-state index is 0.0112. The highest BCUT2D eigenvalue weighted by molar-refractivity contribution is 6.01. The molecule has 1 fully saturated rings. The zero-order valence-corrected chi connectivity index (χ0v) is 11.8. The third kappa shape index (κ3) is 3.13. The van der Waals surface area contributed by atoms with E-state index in [0.717, 1.165) is 0 Å². The summed E-state index contributed by atoms with van der Waals surface area (Å²) in [6, 6.07) is 4.36. The molecule has 7 nitrogen and oxygen atoms in total. The van der Waals surface area contributed by atoms with Gasteiger partial charge in [0, 0.05) is 31.7 Å². The maximum atomic E-state index is 12.6. The molecule has 0 saturated carbocycles. The van der Waals surface area contributed by atoms with Gasteiger partial charge in [-0.2, -0.15) is 0 Å². The summed E-state index contributed by atoms with van der Waals surface area (Å²) in [5.41, 5.74) is -0.263. The number of hydrogen-bond acceptors (Lipinski definition) is 5. The SMILES string of the molecule is CCOc1cccc([N+](=O)[O-])c1C(=O)N1CCC(CO)C1. The van der Waals surface area contributed by atoms with Gasteiger partial charge >= 0.3 is 0 Å². The maximum absolute atomic E-state index is 12.6. The number of benzene rings is 1. The Kier molecular flexibility index (Phi) is 4.74. The van der Waals surface area contributed by atoms with E-state index in [0.29, 0.717) is 26.1 Å². The highest BCUT2D eigenvalue weighted by Crippen LogP contribution is 2.31. The van der Waals surface area contributed by atoms with Gasteiger partial charge in [0.05, 0.1) is 11.5 Å². The smallest absolute Gasteiger partial charge is 0.285 e. The van der Waals surface area contributed by atoms with Crippen LogP contribution in [0.3, 0.4) is 0 Å². The molecule has 1 amide bonds. The van der Waals surface area contributed by atoms with Crippen molar-refractivity contribution in [1.29, 1.82) is 0 Å². The Balaban J connectivity index is 2.36. The first-order valence-electron chi connectivity index (χ1n) is 6.88. The molecule has 1 heterocycles. The van der Waals surface area contributed by atoms with Crippen molar-refractivity contribution in [2.45, 2.75) is 13.3 Å². The van der Waals surface area contributed by atoms with Crippen molar-refractivity contribution in [2.75, 3.05) is 26.3 Å². The fraction of sp³-hybridized carbons (Fsp3) is 0.500. The molecule has 2 rings (SSSR count). The molecule has 7 heteroatoms. The van der Waals surface area contributed by atoms with Crippen LogP contribution >= 0.6 is 0 Å². The second-order valence-electron chi connectivity index (χ2n) is 4.93.